The molecule has 1 atom stereocenters. The Morgan fingerprint density at radius 1 is 0.260 bits per heavy atom. The molecule has 0 aliphatic rings. The van der Waals surface area contributed by atoms with Gasteiger partial charge in [0.05, 0.1) is 0 Å². The van der Waals surface area contributed by atoms with Crippen LogP contribution in [0.2, 0.25) is 0 Å². The van der Waals surface area contributed by atoms with E-state index in [9.17, 15) is 14.4 Å². The van der Waals surface area contributed by atoms with E-state index in [4.69, 9.17) is 14.2 Å². The van der Waals surface area contributed by atoms with Crippen molar-refractivity contribution in [1.82, 2.24) is 0 Å². The molecule has 0 saturated heterocycles. The molecule has 0 bridgehead atoms. The van der Waals surface area contributed by atoms with Gasteiger partial charge in [-0.1, -0.05) is 313 Å². The second kappa shape index (κ2) is 65.9. The van der Waals surface area contributed by atoms with E-state index in [-0.39, 0.29) is 31.1 Å². The maximum atomic E-state index is 12.9. The molecule has 0 aliphatic heterocycles. The number of carbonyl (C=O) groups excluding carboxylic acids is 3. The molecule has 0 aliphatic carbocycles. The first-order chi connectivity index (χ1) is 38.0. The minimum Gasteiger partial charge on any atom is -0.462 e. The minimum atomic E-state index is -0.775. The molecule has 0 N–H and O–H groups in total. The number of allylic oxidation sites excluding steroid dienone is 8. The molecule has 0 radical (unpaired) electrons. The first kappa shape index (κ1) is 74.4. The van der Waals surface area contributed by atoms with Crippen LogP contribution in [-0.4, -0.2) is 37.2 Å². The zero-order valence-corrected chi connectivity index (χ0v) is 51.7. The lowest BCUT2D eigenvalue weighted by Crippen LogP contribution is -2.30. The maximum absolute atomic E-state index is 12.9. The van der Waals surface area contributed by atoms with E-state index in [1.165, 1.54) is 257 Å². The second-order valence-corrected chi connectivity index (χ2v) is 23.1. The van der Waals surface area contributed by atoms with Crippen LogP contribution in [0.4, 0.5) is 0 Å². The Balaban J connectivity index is 4.30. The van der Waals surface area contributed by atoms with Gasteiger partial charge in [-0.3, -0.25) is 14.4 Å². The third kappa shape index (κ3) is 64.1. The van der Waals surface area contributed by atoms with E-state index in [2.05, 4.69) is 69.4 Å². The largest absolute Gasteiger partial charge is 0.462 e. The number of esters is 3. The van der Waals surface area contributed by atoms with E-state index in [1.807, 2.05) is 0 Å². The van der Waals surface area contributed by atoms with Crippen molar-refractivity contribution < 1.29 is 28.6 Å². The zero-order chi connectivity index (χ0) is 55.7. The summed E-state index contributed by atoms with van der Waals surface area (Å²) in [5.41, 5.74) is 0. The Kier molecular flexibility index (Phi) is 63.6. The number of unbranched alkanes of at least 4 members (excludes halogenated alkanes) is 44. The summed E-state index contributed by atoms with van der Waals surface area (Å²) in [6.45, 7) is 6.68. The van der Waals surface area contributed by atoms with Gasteiger partial charge in [-0.25, -0.2) is 0 Å². The Hall–Kier alpha value is -2.63. The van der Waals surface area contributed by atoms with Crippen molar-refractivity contribution in [3.63, 3.8) is 0 Å². The first-order valence-electron chi connectivity index (χ1n) is 34.1. The lowest BCUT2D eigenvalue weighted by atomic mass is 10.0. The van der Waals surface area contributed by atoms with Crippen molar-refractivity contribution in [2.45, 2.75) is 374 Å². The average Bonchev–Trinajstić information content (AvgIpc) is 3.43. The van der Waals surface area contributed by atoms with Crippen molar-refractivity contribution in [2.75, 3.05) is 13.2 Å². The highest BCUT2D eigenvalue weighted by Gasteiger charge is 2.19. The highest BCUT2D eigenvalue weighted by Crippen LogP contribution is 2.17. The molecule has 0 spiro atoms. The summed E-state index contributed by atoms with van der Waals surface area (Å²) >= 11 is 0. The predicted molar refractivity (Wildman–Crippen MR) is 335 cm³/mol. The van der Waals surface area contributed by atoms with E-state index in [1.54, 1.807) is 0 Å². The monoisotopic (exact) mass is 1080 g/mol. The lowest BCUT2D eigenvalue weighted by molar-refractivity contribution is -0.167. The molecule has 77 heavy (non-hydrogen) atoms. The molecular formula is C71H130O6. The summed E-state index contributed by atoms with van der Waals surface area (Å²) in [5.74, 6) is -0.852. The molecule has 6 heteroatoms. The van der Waals surface area contributed by atoms with E-state index < -0.39 is 6.10 Å². The van der Waals surface area contributed by atoms with Gasteiger partial charge in [-0.2, -0.15) is 0 Å². The number of hydrogen-bond donors (Lipinski definition) is 0. The second-order valence-electron chi connectivity index (χ2n) is 23.1. The molecule has 1 unspecified atom stereocenters. The van der Waals surface area contributed by atoms with Gasteiger partial charge in [-0.15, -0.1) is 0 Å². The van der Waals surface area contributed by atoms with Crippen LogP contribution in [0.5, 0.6) is 0 Å². The molecule has 0 aromatic rings. The third-order valence-corrected chi connectivity index (χ3v) is 15.3. The first-order valence-corrected chi connectivity index (χ1v) is 34.1. The van der Waals surface area contributed by atoms with Gasteiger partial charge >= 0.3 is 17.9 Å². The van der Waals surface area contributed by atoms with Crippen LogP contribution in [0.25, 0.3) is 0 Å². The Labute approximate surface area is 479 Å². The summed E-state index contributed by atoms with van der Waals surface area (Å²) in [6, 6.07) is 0. The number of hydrogen-bond acceptors (Lipinski definition) is 6. The summed E-state index contributed by atoms with van der Waals surface area (Å²) in [4.78, 5) is 38.4. The van der Waals surface area contributed by atoms with Gasteiger partial charge in [0.2, 0.25) is 0 Å². The zero-order valence-electron chi connectivity index (χ0n) is 51.7. The predicted octanol–water partition coefficient (Wildman–Crippen LogP) is 23.3. The number of carbonyl (C=O) groups is 3. The Morgan fingerprint density at radius 2 is 0.468 bits per heavy atom. The third-order valence-electron chi connectivity index (χ3n) is 15.3. The van der Waals surface area contributed by atoms with E-state index in [0.29, 0.717) is 19.3 Å². The van der Waals surface area contributed by atoms with Crippen LogP contribution in [-0.2, 0) is 28.6 Å². The molecule has 0 fully saturated rings. The summed E-state index contributed by atoms with van der Waals surface area (Å²) < 4.78 is 17.0. The quantitative estimate of drug-likeness (QED) is 0.0261. The smallest absolute Gasteiger partial charge is 0.306 e. The maximum Gasteiger partial charge on any atom is 0.306 e. The number of ether oxygens (including phenoxy) is 3. The molecule has 450 valence electrons. The fourth-order valence-electron chi connectivity index (χ4n) is 10.2. The van der Waals surface area contributed by atoms with Crippen molar-refractivity contribution >= 4 is 17.9 Å². The molecule has 0 amide bonds. The normalized spacial score (nSPS) is 12.3. The fraction of sp³-hybridized carbons (Fsp3) is 0.845. The SMILES string of the molecule is CCCCCCC/C=C\C/C=C\C/C=C\CCCCCCCCCCCCC(=O)OCC(COC(=O)CCCCCCCCCCCCCCCCC)OC(=O)CCCCCCCCCCC/C=C\CCCCCCCC. The fourth-order valence-corrected chi connectivity index (χ4v) is 10.2. The van der Waals surface area contributed by atoms with Crippen molar-refractivity contribution in [1.29, 1.82) is 0 Å². The van der Waals surface area contributed by atoms with Gasteiger partial charge in [0.15, 0.2) is 6.10 Å². The van der Waals surface area contributed by atoms with Gasteiger partial charge in [0.25, 0.3) is 0 Å². The van der Waals surface area contributed by atoms with Crippen molar-refractivity contribution in [3.8, 4) is 0 Å². The molecule has 0 rings (SSSR count). The van der Waals surface area contributed by atoms with Crippen LogP contribution < -0.4 is 0 Å². The Bertz CT molecular complexity index is 1330. The number of rotatable bonds is 63. The highest BCUT2D eigenvalue weighted by atomic mass is 16.6. The summed E-state index contributed by atoms with van der Waals surface area (Å²) in [5, 5.41) is 0. The van der Waals surface area contributed by atoms with Crippen LogP contribution >= 0.6 is 0 Å². The van der Waals surface area contributed by atoms with Crippen LogP contribution in [0.1, 0.15) is 367 Å². The van der Waals surface area contributed by atoms with E-state index in [0.717, 1.165) is 70.6 Å². The topological polar surface area (TPSA) is 78.9 Å². The molecular weight excluding hydrogens is 949 g/mol. The van der Waals surface area contributed by atoms with Crippen molar-refractivity contribution in [3.05, 3.63) is 48.6 Å². The standard InChI is InChI=1S/C71H130O6/c1-4-7-10-13-16-19-22-25-28-30-32-33-34-35-36-37-39-40-43-46-49-52-55-58-61-64-70(73)76-67-68(66-75-69(72)63-60-57-54-51-48-45-42-27-24-21-18-15-12-9-6-3)77-71(74)65-62-59-56-53-50-47-44-41-38-31-29-26-23-20-17-14-11-8-5-2/h22,25-26,29-30,32,34-35,68H,4-21,23-24,27-28,31,33,36-67H2,1-3H3/b25-22-,29-26-,32-30-,35-34-. The summed E-state index contributed by atoms with van der Waals surface area (Å²) in [7, 11) is 0. The molecule has 6 nitrogen and oxygen atoms in total. The van der Waals surface area contributed by atoms with Gasteiger partial charge in [0.1, 0.15) is 13.2 Å². The van der Waals surface area contributed by atoms with Gasteiger partial charge in [-0.05, 0) is 83.5 Å². The lowest BCUT2D eigenvalue weighted by Gasteiger charge is -2.18. The molecule has 0 aromatic carbocycles. The molecule has 0 saturated carbocycles. The van der Waals surface area contributed by atoms with Crippen LogP contribution in [0, 0.1) is 0 Å². The highest BCUT2D eigenvalue weighted by molar-refractivity contribution is 5.71. The van der Waals surface area contributed by atoms with Crippen LogP contribution in [0.3, 0.4) is 0 Å². The van der Waals surface area contributed by atoms with Crippen LogP contribution in [0.15, 0.2) is 48.6 Å². The van der Waals surface area contributed by atoms with Gasteiger partial charge in [0, 0.05) is 19.3 Å². The molecule has 0 heterocycles. The molecule has 0 aromatic heterocycles. The average molecular weight is 1080 g/mol. The summed E-state index contributed by atoms with van der Waals surface area (Å²) in [6.07, 6.45) is 82.6. The Morgan fingerprint density at radius 3 is 0.740 bits per heavy atom. The van der Waals surface area contributed by atoms with Crippen molar-refractivity contribution in [2.24, 2.45) is 0 Å². The minimum absolute atomic E-state index is 0.0707. The van der Waals surface area contributed by atoms with Gasteiger partial charge < -0.3 is 14.2 Å². The van der Waals surface area contributed by atoms with E-state index >= 15 is 0 Å².